The van der Waals surface area contributed by atoms with E-state index in [4.69, 9.17) is 0 Å². The second-order valence-electron chi connectivity index (χ2n) is 7.40. The predicted octanol–water partition coefficient (Wildman–Crippen LogP) is 3.54. The maximum Gasteiger partial charge on any atom is 0.257 e. The van der Waals surface area contributed by atoms with Crippen LogP contribution in [0.4, 0.5) is 5.13 Å². The topological polar surface area (TPSA) is 82.5 Å². The number of hydrogen-bond acceptors (Lipinski definition) is 5. The fourth-order valence-corrected chi connectivity index (χ4v) is 4.18. The number of phenols is 1. The quantitative estimate of drug-likeness (QED) is 0.841. The Balaban J connectivity index is 1.59. The molecular formula is C20H25N3O3S. The van der Waals surface area contributed by atoms with Crippen LogP contribution in [0.1, 0.15) is 42.7 Å². The van der Waals surface area contributed by atoms with Crippen molar-refractivity contribution in [2.45, 2.75) is 33.1 Å². The summed E-state index contributed by atoms with van der Waals surface area (Å²) in [7, 11) is 0. The molecule has 1 aliphatic rings. The molecule has 2 aromatic rings. The number of anilines is 1. The van der Waals surface area contributed by atoms with E-state index in [0.29, 0.717) is 28.2 Å². The molecule has 1 saturated heterocycles. The van der Waals surface area contributed by atoms with Gasteiger partial charge in [0.15, 0.2) is 5.13 Å². The summed E-state index contributed by atoms with van der Waals surface area (Å²) < 4.78 is 0. The van der Waals surface area contributed by atoms with Gasteiger partial charge in [0.2, 0.25) is 5.91 Å². The molecule has 2 amide bonds. The second-order valence-corrected chi connectivity index (χ2v) is 8.26. The molecule has 0 radical (unpaired) electrons. The van der Waals surface area contributed by atoms with Gasteiger partial charge in [-0.1, -0.05) is 19.9 Å². The second kappa shape index (κ2) is 8.52. The van der Waals surface area contributed by atoms with Crippen LogP contribution in [0.3, 0.4) is 0 Å². The van der Waals surface area contributed by atoms with Crippen LogP contribution in [-0.2, 0) is 11.2 Å². The number of carbonyl (C=O) groups excluding carboxylic acids is 2. The van der Waals surface area contributed by atoms with Gasteiger partial charge in [-0.2, -0.15) is 0 Å². The number of rotatable bonds is 4. The highest BCUT2D eigenvalue weighted by Crippen LogP contribution is 2.23. The number of phenolic OH excluding ortho intramolecular Hbond substituents is 1. The summed E-state index contributed by atoms with van der Waals surface area (Å²) in [5.41, 5.74) is 1.02. The molecule has 6 nitrogen and oxygen atoms in total. The first-order valence-corrected chi connectivity index (χ1v) is 10.1. The van der Waals surface area contributed by atoms with Crippen LogP contribution in [-0.4, -0.2) is 39.9 Å². The van der Waals surface area contributed by atoms with Crippen molar-refractivity contribution in [1.29, 1.82) is 0 Å². The molecule has 3 rings (SSSR count). The molecule has 0 saturated carbocycles. The highest BCUT2D eigenvalue weighted by Gasteiger charge is 2.23. The van der Waals surface area contributed by atoms with Crippen molar-refractivity contribution in [3.8, 4) is 5.75 Å². The van der Waals surface area contributed by atoms with Crippen LogP contribution in [0.2, 0.25) is 0 Å². The molecule has 0 spiro atoms. The van der Waals surface area contributed by atoms with E-state index in [9.17, 15) is 14.7 Å². The zero-order valence-corrected chi connectivity index (χ0v) is 16.5. The Bertz CT molecular complexity index is 820. The first-order chi connectivity index (χ1) is 12.9. The maximum atomic E-state index is 12.6. The maximum absolute atomic E-state index is 12.6. The van der Waals surface area contributed by atoms with Gasteiger partial charge in [-0.15, -0.1) is 11.3 Å². The van der Waals surface area contributed by atoms with Gasteiger partial charge >= 0.3 is 0 Å². The first-order valence-electron chi connectivity index (χ1n) is 9.23. The number of carbonyl (C=O) groups is 2. The minimum absolute atomic E-state index is 0.0362. The van der Waals surface area contributed by atoms with Crippen LogP contribution >= 0.6 is 11.3 Å². The van der Waals surface area contributed by atoms with Crippen molar-refractivity contribution >= 4 is 28.3 Å². The van der Waals surface area contributed by atoms with E-state index in [-0.39, 0.29) is 24.0 Å². The Hall–Kier alpha value is -2.41. The van der Waals surface area contributed by atoms with Gasteiger partial charge in [-0.3, -0.25) is 14.9 Å². The first kappa shape index (κ1) is 19.4. The molecule has 1 fully saturated rings. The smallest absolute Gasteiger partial charge is 0.257 e. The third kappa shape index (κ3) is 5.29. The average Bonchev–Trinajstić information content (AvgIpc) is 2.96. The lowest BCUT2D eigenvalue weighted by Crippen LogP contribution is -2.35. The molecular weight excluding hydrogens is 362 g/mol. The van der Waals surface area contributed by atoms with E-state index in [1.54, 1.807) is 17.5 Å². The molecule has 27 heavy (non-hydrogen) atoms. The van der Waals surface area contributed by atoms with Crippen molar-refractivity contribution in [2.24, 2.45) is 11.8 Å². The molecule has 0 aliphatic carbocycles. The molecule has 2 N–H and O–H groups in total. The normalized spacial score (nSPS) is 20.1. The van der Waals surface area contributed by atoms with E-state index in [1.807, 2.05) is 4.90 Å². The Morgan fingerprint density at radius 1 is 1.33 bits per heavy atom. The number of benzene rings is 1. The number of nitrogens with one attached hydrogen (secondary N) is 1. The van der Waals surface area contributed by atoms with Crippen LogP contribution in [0.5, 0.6) is 5.75 Å². The molecule has 1 aliphatic heterocycles. The lowest BCUT2D eigenvalue weighted by Gasteiger charge is -2.22. The van der Waals surface area contributed by atoms with Crippen LogP contribution in [0.15, 0.2) is 29.6 Å². The molecule has 2 atom stereocenters. The largest absolute Gasteiger partial charge is 0.508 e. The lowest BCUT2D eigenvalue weighted by molar-refractivity contribution is -0.130. The van der Waals surface area contributed by atoms with E-state index in [0.717, 1.165) is 25.9 Å². The van der Waals surface area contributed by atoms with Crippen molar-refractivity contribution in [1.82, 2.24) is 9.88 Å². The van der Waals surface area contributed by atoms with E-state index in [2.05, 4.69) is 24.1 Å². The minimum Gasteiger partial charge on any atom is -0.508 e. The Morgan fingerprint density at radius 3 is 2.93 bits per heavy atom. The summed E-state index contributed by atoms with van der Waals surface area (Å²) >= 11 is 1.29. The summed E-state index contributed by atoms with van der Waals surface area (Å²) in [6, 6.07) is 6.14. The number of amides is 2. The number of hydrogen-bond donors (Lipinski definition) is 2. The Morgan fingerprint density at radius 2 is 2.15 bits per heavy atom. The van der Waals surface area contributed by atoms with Gasteiger partial charge < -0.3 is 10.0 Å². The summed E-state index contributed by atoms with van der Waals surface area (Å²) in [5, 5.41) is 14.4. The van der Waals surface area contributed by atoms with Crippen LogP contribution < -0.4 is 5.32 Å². The van der Waals surface area contributed by atoms with Gasteiger partial charge in [0, 0.05) is 24.0 Å². The van der Waals surface area contributed by atoms with E-state index < -0.39 is 0 Å². The summed E-state index contributed by atoms with van der Waals surface area (Å²) in [6.45, 7) is 6.04. The van der Waals surface area contributed by atoms with Crippen molar-refractivity contribution < 1.29 is 14.7 Å². The summed E-state index contributed by atoms with van der Waals surface area (Å²) in [4.78, 5) is 31.2. The molecule has 2 unspecified atom stereocenters. The number of likely N-dealkylation sites (tertiary alicyclic amines) is 1. The van der Waals surface area contributed by atoms with Gasteiger partial charge in [-0.25, -0.2) is 4.98 Å². The average molecular weight is 388 g/mol. The number of nitrogens with zero attached hydrogens (tertiary/aromatic N) is 2. The molecule has 1 aromatic carbocycles. The number of aromatic nitrogens is 1. The third-order valence-corrected chi connectivity index (χ3v) is 5.60. The SMILES string of the molecule is CC1CCN(C(=O)Cc2csc(NC(=O)c3cccc(O)c3)n2)CC(C)C1. The van der Waals surface area contributed by atoms with Gasteiger partial charge in [0.05, 0.1) is 12.1 Å². The third-order valence-electron chi connectivity index (χ3n) is 4.79. The van der Waals surface area contributed by atoms with E-state index >= 15 is 0 Å². The van der Waals surface area contributed by atoms with Crippen LogP contribution in [0.25, 0.3) is 0 Å². The molecule has 144 valence electrons. The predicted molar refractivity (Wildman–Crippen MR) is 106 cm³/mol. The summed E-state index contributed by atoms with van der Waals surface area (Å²) in [6.07, 6.45) is 2.45. The minimum atomic E-state index is -0.339. The molecule has 1 aromatic heterocycles. The standard InChI is InChI=1S/C20H25N3O3S/c1-13-6-7-23(11-14(2)8-13)18(25)10-16-12-27-20(21-16)22-19(26)15-4-3-5-17(24)9-15/h3-5,9,12-14,24H,6-8,10-11H2,1-2H3,(H,21,22,26). The highest BCUT2D eigenvalue weighted by atomic mass is 32.1. The number of thiazole rings is 1. The molecule has 0 bridgehead atoms. The fraction of sp³-hybridized carbons (Fsp3) is 0.450. The number of aromatic hydroxyl groups is 1. The van der Waals surface area contributed by atoms with Crippen molar-refractivity contribution in [3.05, 3.63) is 40.9 Å². The summed E-state index contributed by atoms with van der Waals surface area (Å²) in [5.74, 6) is 0.949. The van der Waals surface area contributed by atoms with Crippen molar-refractivity contribution in [3.63, 3.8) is 0 Å². The van der Waals surface area contributed by atoms with Gasteiger partial charge in [0.1, 0.15) is 5.75 Å². The zero-order chi connectivity index (χ0) is 19.4. The monoisotopic (exact) mass is 387 g/mol. The Labute approximate surface area is 163 Å². The van der Waals surface area contributed by atoms with Crippen LogP contribution in [0, 0.1) is 11.8 Å². The fourth-order valence-electron chi connectivity index (χ4n) is 3.48. The van der Waals surface area contributed by atoms with Crippen molar-refractivity contribution in [2.75, 3.05) is 18.4 Å². The molecule has 7 heteroatoms. The van der Waals surface area contributed by atoms with E-state index in [1.165, 1.54) is 23.5 Å². The highest BCUT2D eigenvalue weighted by molar-refractivity contribution is 7.14. The zero-order valence-electron chi connectivity index (χ0n) is 15.6. The van der Waals surface area contributed by atoms with Gasteiger partial charge in [0.25, 0.3) is 5.91 Å². The Kier molecular flexibility index (Phi) is 6.11. The molecule has 2 heterocycles. The lowest BCUT2D eigenvalue weighted by atomic mass is 9.97. The van der Waals surface area contributed by atoms with Gasteiger partial charge in [-0.05, 0) is 42.9 Å².